The van der Waals surface area contributed by atoms with Gasteiger partial charge >= 0.3 is 0 Å². The number of hydrogen-bond donors (Lipinski definition) is 0. The minimum absolute atomic E-state index is 0.491. The maximum atomic E-state index is 5.69. The van der Waals surface area contributed by atoms with Crippen LogP contribution in [-0.2, 0) is 0 Å². The molecule has 0 unspecified atom stereocenters. The fourth-order valence-electron chi connectivity index (χ4n) is 0.602. The van der Waals surface area contributed by atoms with Crippen LogP contribution in [0.15, 0.2) is 0 Å². The van der Waals surface area contributed by atoms with Crippen molar-refractivity contribution in [3.05, 3.63) is 0 Å². The molecule has 0 amide bonds. The summed E-state index contributed by atoms with van der Waals surface area (Å²) in [7, 11) is 0. The van der Waals surface area contributed by atoms with Crippen molar-refractivity contribution in [3.63, 3.8) is 0 Å². The molecular weight excluding hydrogens is 95.5 g/mol. The van der Waals surface area contributed by atoms with Crippen LogP contribution in [0.3, 0.4) is 0 Å². The Bertz CT molecular complexity index is 40.7. The lowest BCUT2D eigenvalue weighted by Crippen LogP contribution is -1.62. The third kappa shape index (κ3) is 0.439. The molecule has 0 aromatic carbocycles. The minimum atomic E-state index is 0.491. The Morgan fingerprint density at radius 2 is 1.33 bits per heavy atom. The monoisotopic (exact) mass is 104 g/mol. The molecule has 36 valence electrons. The van der Waals surface area contributed by atoms with Gasteiger partial charge in [0, 0.05) is 5.38 Å². The molecule has 0 saturated heterocycles. The fraction of sp³-hybridized carbons (Fsp3) is 1.00. The zero-order chi connectivity index (χ0) is 4.73. The molecule has 1 heteroatoms. The van der Waals surface area contributed by atoms with Crippen molar-refractivity contribution >= 4 is 11.6 Å². The molecule has 2 atom stereocenters. The molecule has 0 N–H and O–H groups in total. The van der Waals surface area contributed by atoms with Crippen molar-refractivity contribution in [3.8, 4) is 0 Å². The SMILES string of the molecule is C[C@@H]1C(Cl)[C@H]1C. The van der Waals surface area contributed by atoms with E-state index in [0.29, 0.717) is 5.38 Å². The summed E-state index contributed by atoms with van der Waals surface area (Å²) < 4.78 is 0. The second-order valence-electron chi connectivity index (χ2n) is 2.16. The smallest absolute Gasteiger partial charge is 0.0393 e. The largest absolute Gasteiger partial charge is 0.122 e. The van der Waals surface area contributed by atoms with Crippen LogP contribution in [0.2, 0.25) is 0 Å². The van der Waals surface area contributed by atoms with E-state index < -0.39 is 0 Å². The molecule has 0 nitrogen and oxygen atoms in total. The van der Waals surface area contributed by atoms with E-state index >= 15 is 0 Å². The average molecular weight is 105 g/mol. The molecule has 1 aliphatic carbocycles. The quantitative estimate of drug-likeness (QED) is 0.412. The van der Waals surface area contributed by atoms with Crippen molar-refractivity contribution in [2.24, 2.45) is 11.8 Å². The first-order valence-electron chi connectivity index (χ1n) is 2.37. The van der Waals surface area contributed by atoms with Gasteiger partial charge in [0.1, 0.15) is 0 Å². The van der Waals surface area contributed by atoms with E-state index in [1.54, 1.807) is 0 Å². The number of rotatable bonds is 0. The number of hydrogen-bond acceptors (Lipinski definition) is 0. The highest BCUT2D eigenvalue weighted by Gasteiger charge is 2.40. The molecule has 1 aliphatic rings. The lowest BCUT2D eigenvalue weighted by atomic mass is 10.4. The van der Waals surface area contributed by atoms with Gasteiger partial charge in [-0.1, -0.05) is 13.8 Å². The van der Waals surface area contributed by atoms with E-state index in [4.69, 9.17) is 11.6 Å². The highest BCUT2D eigenvalue weighted by Crippen LogP contribution is 2.42. The summed E-state index contributed by atoms with van der Waals surface area (Å²) >= 11 is 5.69. The van der Waals surface area contributed by atoms with Gasteiger partial charge in [0.15, 0.2) is 0 Å². The molecule has 0 radical (unpaired) electrons. The van der Waals surface area contributed by atoms with E-state index in [0.717, 1.165) is 11.8 Å². The summed E-state index contributed by atoms with van der Waals surface area (Å²) in [5.74, 6) is 1.57. The van der Waals surface area contributed by atoms with Crippen LogP contribution in [-0.4, -0.2) is 5.38 Å². The van der Waals surface area contributed by atoms with E-state index in [1.807, 2.05) is 0 Å². The van der Waals surface area contributed by atoms with E-state index in [-0.39, 0.29) is 0 Å². The Hall–Kier alpha value is 0.290. The van der Waals surface area contributed by atoms with Gasteiger partial charge in [-0.25, -0.2) is 0 Å². The molecule has 1 saturated carbocycles. The molecule has 1 fully saturated rings. The average Bonchev–Trinajstić information content (AvgIpc) is 1.94. The van der Waals surface area contributed by atoms with Gasteiger partial charge < -0.3 is 0 Å². The molecule has 0 spiro atoms. The van der Waals surface area contributed by atoms with E-state index in [2.05, 4.69) is 13.8 Å². The summed E-state index contributed by atoms with van der Waals surface area (Å²) in [6, 6.07) is 0. The first-order valence-corrected chi connectivity index (χ1v) is 2.81. The highest BCUT2D eigenvalue weighted by molar-refractivity contribution is 6.22. The third-order valence-corrected chi connectivity index (χ3v) is 2.49. The van der Waals surface area contributed by atoms with Gasteiger partial charge in [-0.3, -0.25) is 0 Å². The summed E-state index contributed by atoms with van der Waals surface area (Å²) in [4.78, 5) is 0. The molecule has 0 heterocycles. The van der Waals surface area contributed by atoms with Crippen LogP contribution in [0.1, 0.15) is 13.8 Å². The molecule has 0 aliphatic heterocycles. The zero-order valence-corrected chi connectivity index (χ0v) is 4.87. The molecule has 0 bridgehead atoms. The van der Waals surface area contributed by atoms with Gasteiger partial charge in [0.05, 0.1) is 0 Å². The lowest BCUT2D eigenvalue weighted by Gasteiger charge is -1.65. The Kier molecular flexibility index (Phi) is 0.836. The van der Waals surface area contributed by atoms with Gasteiger partial charge in [0.2, 0.25) is 0 Å². The Balaban J connectivity index is 2.31. The van der Waals surface area contributed by atoms with Crippen molar-refractivity contribution in [1.29, 1.82) is 0 Å². The molecule has 6 heavy (non-hydrogen) atoms. The van der Waals surface area contributed by atoms with Gasteiger partial charge in [-0.2, -0.15) is 0 Å². The van der Waals surface area contributed by atoms with Gasteiger partial charge in [-0.15, -0.1) is 11.6 Å². The van der Waals surface area contributed by atoms with Crippen LogP contribution in [0.25, 0.3) is 0 Å². The second kappa shape index (κ2) is 1.13. The summed E-state index contributed by atoms with van der Waals surface area (Å²) in [6.45, 7) is 4.37. The van der Waals surface area contributed by atoms with Crippen LogP contribution >= 0.6 is 11.6 Å². The Morgan fingerprint density at radius 3 is 1.33 bits per heavy atom. The number of halogens is 1. The van der Waals surface area contributed by atoms with Gasteiger partial charge in [-0.05, 0) is 11.8 Å². The Morgan fingerprint density at radius 1 is 1.17 bits per heavy atom. The van der Waals surface area contributed by atoms with E-state index in [1.165, 1.54) is 0 Å². The van der Waals surface area contributed by atoms with Crippen LogP contribution < -0.4 is 0 Å². The highest BCUT2D eigenvalue weighted by atomic mass is 35.5. The maximum Gasteiger partial charge on any atom is 0.0393 e. The minimum Gasteiger partial charge on any atom is -0.122 e. The normalized spacial score (nSPS) is 55.5. The molecule has 0 aromatic heterocycles. The third-order valence-electron chi connectivity index (χ3n) is 1.69. The van der Waals surface area contributed by atoms with Crippen molar-refractivity contribution < 1.29 is 0 Å². The second-order valence-corrected chi connectivity index (χ2v) is 2.67. The fourth-order valence-corrected chi connectivity index (χ4v) is 0.977. The van der Waals surface area contributed by atoms with E-state index in [9.17, 15) is 0 Å². The zero-order valence-electron chi connectivity index (χ0n) is 4.11. The first kappa shape index (κ1) is 4.45. The van der Waals surface area contributed by atoms with Crippen molar-refractivity contribution in [1.82, 2.24) is 0 Å². The van der Waals surface area contributed by atoms with Crippen LogP contribution in [0.5, 0.6) is 0 Å². The van der Waals surface area contributed by atoms with Gasteiger partial charge in [0.25, 0.3) is 0 Å². The van der Waals surface area contributed by atoms with Crippen molar-refractivity contribution in [2.45, 2.75) is 19.2 Å². The van der Waals surface area contributed by atoms with Crippen molar-refractivity contribution in [2.75, 3.05) is 0 Å². The number of alkyl halides is 1. The molecular formula is C5H9Cl. The standard InChI is InChI=1S/C5H9Cl/c1-3-4(2)5(3)6/h3-5H,1-2H3/t3-,4-/m0/s1. The summed E-state index contributed by atoms with van der Waals surface area (Å²) in [5, 5.41) is 0.491. The summed E-state index contributed by atoms with van der Waals surface area (Å²) in [5.41, 5.74) is 0. The Labute approximate surface area is 43.5 Å². The molecule has 1 rings (SSSR count). The topological polar surface area (TPSA) is 0 Å². The summed E-state index contributed by atoms with van der Waals surface area (Å²) in [6.07, 6.45) is 0. The maximum absolute atomic E-state index is 5.69. The molecule has 0 aromatic rings. The predicted octanol–water partition coefficient (Wildman–Crippen LogP) is 1.88. The van der Waals surface area contributed by atoms with Crippen LogP contribution in [0, 0.1) is 11.8 Å². The first-order chi connectivity index (χ1) is 2.73. The van der Waals surface area contributed by atoms with Crippen LogP contribution in [0.4, 0.5) is 0 Å². The lowest BCUT2D eigenvalue weighted by molar-refractivity contribution is 0.834. The predicted molar refractivity (Wildman–Crippen MR) is 28.0 cm³/mol.